The summed E-state index contributed by atoms with van der Waals surface area (Å²) in [5.41, 5.74) is 0. The van der Waals surface area contributed by atoms with E-state index in [9.17, 15) is 0 Å². The molecule has 0 N–H and O–H groups in total. The molecular formula is C26H46N2O. The molecule has 2 rings (SSSR count). The van der Waals surface area contributed by atoms with Crippen LogP contribution >= 0.6 is 0 Å². The highest BCUT2D eigenvalue weighted by Gasteiger charge is 2.23. The van der Waals surface area contributed by atoms with Crippen molar-refractivity contribution in [3.63, 3.8) is 0 Å². The molecule has 0 bridgehead atoms. The van der Waals surface area contributed by atoms with E-state index in [1.54, 1.807) is 0 Å². The maximum Gasteiger partial charge on any atom is 0.155 e. The Balaban J connectivity index is 1.55. The van der Waals surface area contributed by atoms with Gasteiger partial charge in [0.05, 0.1) is 19.0 Å². The summed E-state index contributed by atoms with van der Waals surface area (Å²) in [7, 11) is 0. The first-order valence-corrected chi connectivity index (χ1v) is 12.8. The molecule has 0 atom stereocenters. The van der Waals surface area contributed by atoms with E-state index in [0.29, 0.717) is 5.92 Å². The number of nitrogens with zero attached hydrogens (tertiary/aromatic N) is 2. The molecule has 29 heavy (non-hydrogen) atoms. The van der Waals surface area contributed by atoms with E-state index in [4.69, 9.17) is 4.74 Å². The summed E-state index contributed by atoms with van der Waals surface area (Å²) in [6.45, 7) is 5.35. The van der Waals surface area contributed by atoms with Gasteiger partial charge in [-0.05, 0) is 38.0 Å². The lowest BCUT2D eigenvalue weighted by Crippen LogP contribution is -2.15. The van der Waals surface area contributed by atoms with Crippen LogP contribution in [0, 0.1) is 5.92 Å². The average molecular weight is 403 g/mol. The van der Waals surface area contributed by atoms with Gasteiger partial charge < -0.3 is 4.74 Å². The molecule has 3 heteroatoms. The van der Waals surface area contributed by atoms with Gasteiger partial charge in [0.2, 0.25) is 0 Å². The van der Waals surface area contributed by atoms with Crippen LogP contribution in [0.25, 0.3) is 0 Å². The van der Waals surface area contributed by atoms with Crippen molar-refractivity contribution in [2.45, 2.75) is 129 Å². The molecule has 1 saturated carbocycles. The molecule has 0 aromatic carbocycles. The van der Waals surface area contributed by atoms with Crippen LogP contribution in [0.1, 0.15) is 135 Å². The minimum absolute atomic E-state index is 0.559. The second-order valence-electron chi connectivity index (χ2n) is 9.17. The van der Waals surface area contributed by atoms with E-state index in [1.165, 1.54) is 103 Å². The van der Waals surface area contributed by atoms with Crippen LogP contribution in [-0.4, -0.2) is 16.6 Å². The predicted octanol–water partition coefficient (Wildman–Crippen LogP) is 8.24. The minimum Gasteiger partial charge on any atom is -0.490 e. The molecule has 3 nitrogen and oxygen atoms in total. The Morgan fingerprint density at radius 2 is 1.28 bits per heavy atom. The molecule has 1 aliphatic rings. The summed E-state index contributed by atoms with van der Waals surface area (Å²) in [6, 6.07) is 0. The fourth-order valence-electron chi connectivity index (χ4n) is 4.61. The van der Waals surface area contributed by atoms with Crippen LogP contribution in [0.15, 0.2) is 12.4 Å². The standard InChI is InChI=1S/C26H46N2O/c1-3-5-7-9-10-12-14-20-29-25-21-27-26(28-22-25)24-18-16-23(17-19-24)15-13-11-8-6-4-2/h21-24H,3-20H2,1-2H3/t23-,24-. The zero-order valence-electron chi connectivity index (χ0n) is 19.3. The number of hydrogen-bond donors (Lipinski definition) is 0. The van der Waals surface area contributed by atoms with Crippen LogP contribution in [0.3, 0.4) is 0 Å². The first-order valence-electron chi connectivity index (χ1n) is 12.8. The van der Waals surface area contributed by atoms with E-state index in [1.807, 2.05) is 12.4 Å². The summed E-state index contributed by atoms with van der Waals surface area (Å²) < 4.78 is 5.84. The quantitative estimate of drug-likeness (QED) is 0.261. The lowest BCUT2D eigenvalue weighted by Gasteiger charge is -2.27. The van der Waals surface area contributed by atoms with Crippen molar-refractivity contribution in [2.75, 3.05) is 6.61 Å². The summed E-state index contributed by atoms with van der Waals surface area (Å²) in [5.74, 6) is 3.37. The maximum atomic E-state index is 5.84. The Hall–Kier alpha value is -1.12. The fourth-order valence-corrected chi connectivity index (χ4v) is 4.61. The highest BCUT2D eigenvalue weighted by atomic mass is 16.5. The first-order chi connectivity index (χ1) is 14.3. The third-order valence-electron chi connectivity index (χ3n) is 6.59. The van der Waals surface area contributed by atoms with Crippen LogP contribution in [0.4, 0.5) is 0 Å². The Bertz CT molecular complexity index is 494. The molecule has 1 aromatic rings. The van der Waals surface area contributed by atoms with Gasteiger partial charge in [0, 0.05) is 5.92 Å². The Kier molecular flexibility index (Phi) is 13.1. The summed E-state index contributed by atoms with van der Waals surface area (Å²) >= 11 is 0. The maximum absolute atomic E-state index is 5.84. The minimum atomic E-state index is 0.559. The second-order valence-corrected chi connectivity index (χ2v) is 9.17. The van der Waals surface area contributed by atoms with Gasteiger partial charge in [0.1, 0.15) is 5.82 Å². The van der Waals surface area contributed by atoms with Gasteiger partial charge in [-0.1, -0.05) is 90.9 Å². The molecule has 1 fully saturated rings. The molecular weight excluding hydrogens is 356 g/mol. The molecule has 1 aromatic heterocycles. The molecule has 1 aliphatic carbocycles. The van der Waals surface area contributed by atoms with Crippen molar-refractivity contribution in [3.05, 3.63) is 18.2 Å². The molecule has 166 valence electrons. The second kappa shape index (κ2) is 15.7. The molecule has 0 radical (unpaired) electrons. The molecule has 0 saturated heterocycles. The third-order valence-corrected chi connectivity index (χ3v) is 6.59. The number of ether oxygens (including phenoxy) is 1. The van der Waals surface area contributed by atoms with Crippen molar-refractivity contribution < 1.29 is 4.74 Å². The van der Waals surface area contributed by atoms with E-state index < -0.39 is 0 Å². The van der Waals surface area contributed by atoms with Gasteiger partial charge >= 0.3 is 0 Å². The topological polar surface area (TPSA) is 35.0 Å². The molecule has 0 unspecified atom stereocenters. The number of hydrogen-bond acceptors (Lipinski definition) is 3. The molecule has 1 heterocycles. The largest absolute Gasteiger partial charge is 0.490 e. The first kappa shape index (κ1) is 24.2. The third kappa shape index (κ3) is 10.5. The summed E-state index contributed by atoms with van der Waals surface area (Å²) in [6.07, 6.45) is 26.7. The molecule has 0 amide bonds. The molecule has 0 spiro atoms. The summed E-state index contributed by atoms with van der Waals surface area (Å²) in [5, 5.41) is 0. The lowest BCUT2D eigenvalue weighted by atomic mass is 9.79. The number of rotatable bonds is 16. The normalized spacial score (nSPS) is 19.4. The van der Waals surface area contributed by atoms with Crippen molar-refractivity contribution in [1.82, 2.24) is 9.97 Å². The lowest BCUT2D eigenvalue weighted by molar-refractivity contribution is 0.291. The fraction of sp³-hybridized carbons (Fsp3) is 0.846. The zero-order chi connectivity index (χ0) is 20.6. The zero-order valence-corrected chi connectivity index (χ0v) is 19.3. The Morgan fingerprint density at radius 1 is 0.724 bits per heavy atom. The summed E-state index contributed by atoms with van der Waals surface area (Å²) in [4.78, 5) is 9.27. The SMILES string of the molecule is CCCCCCCCCOc1cnc([C@H]2CC[C@H](CCCCCCC)CC2)nc1. The smallest absolute Gasteiger partial charge is 0.155 e. The van der Waals surface area contributed by atoms with Crippen molar-refractivity contribution in [3.8, 4) is 5.75 Å². The van der Waals surface area contributed by atoms with Crippen molar-refractivity contribution in [2.24, 2.45) is 5.92 Å². The predicted molar refractivity (Wildman–Crippen MR) is 124 cm³/mol. The molecule has 0 aliphatic heterocycles. The van der Waals surface area contributed by atoms with Gasteiger partial charge in [-0.15, -0.1) is 0 Å². The average Bonchev–Trinajstić information content (AvgIpc) is 2.76. The highest BCUT2D eigenvalue weighted by Crippen LogP contribution is 2.36. The van der Waals surface area contributed by atoms with Crippen LogP contribution in [0.2, 0.25) is 0 Å². The van der Waals surface area contributed by atoms with E-state index >= 15 is 0 Å². The van der Waals surface area contributed by atoms with Gasteiger partial charge in [-0.2, -0.15) is 0 Å². The van der Waals surface area contributed by atoms with Crippen LogP contribution < -0.4 is 4.74 Å². The Labute approximate surface area is 180 Å². The van der Waals surface area contributed by atoms with Gasteiger partial charge in [-0.3, -0.25) is 0 Å². The van der Waals surface area contributed by atoms with Crippen molar-refractivity contribution in [1.29, 1.82) is 0 Å². The van der Waals surface area contributed by atoms with E-state index in [2.05, 4.69) is 23.8 Å². The van der Waals surface area contributed by atoms with Crippen LogP contribution in [0.5, 0.6) is 5.75 Å². The van der Waals surface area contributed by atoms with Gasteiger partial charge in [0.25, 0.3) is 0 Å². The van der Waals surface area contributed by atoms with Crippen LogP contribution in [-0.2, 0) is 0 Å². The van der Waals surface area contributed by atoms with Crippen molar-refractivity contribution >= 4 is 0 Å². The highest BCUT2D eigenvalue weighted by molar-refractivity contribution is 5.14. The van der Waals surface area contributed by atoms with Gasteiger partial charge in [-0.25, -0.2) is 9.97 Å². The van der Waals surface area contributed by atoms with E-state index in [0.717, 1.165) is 30.5 Å². The Morgan fingerprint density at radius 3 is 1.90 bits per heavy atom. The monoisotopic (exact) mass is 402 g/mol. The van der Waals surface area contributed by atoms with Gasteiger partial charge in [0.15, 0.2) is 5.75 Å². The number of unbranched alkanes of at least 4 members (excludes halogenated alkanes) is 10. The van der Waals surface area contributed by atoms with E-state index in [-0.39, 0.29) is 0 Å². The number of aromatic nitrogens is 2.